The van der Waals surface area contributed by atoms with E-state index >= 15 is 0 Å². The third-order valence-electron chi connectivity index (χ3n) is 8.30. The SMILES string of the molecule is CC1(C)CCC2=C1CC[C@H]1C2[C@@H](O)[C@H](O)[C@H]2Cc3oncc3CC21C. The number of aromatic nitrogens is 1. The van der Waals surface area contributed by atoms with E-state index in [0.717, 1.165) is 31.4 Å². The molecule has 136 valence electrons. The van der Waals surface area contributed by atoms with Gasteiger partial charge in [0.15, 0.2) is 0 Å². The summed E-state index contributed by atoms with van der Waals surface area (Å²) in [5.41, 5.74) is 4.52. The van der Waals surface area contributed by atoms with E-state index in [0.29, 0.717) is 12.3 Å². The summed E-state index contributed by atoms with van der Waals surface area (Å²) >= 11 is 0. The average Bonchev–Trinajstić information content (AvgIpc) is 3.14. The van der Waals surface area contributed by atoms with Gasteiger partial charge < -0.3 is 14.7 Å². The van der Waals surface area contributed by atoms with Gasteiger partial charge in [0.2, 0.25) is 0 Å². The highest BCUT2D eigenvalue weighted by Crippen LogP contribution is 2.62. The first-order valence-corrected chi connectivity index (χ1v) is 9.84. The fourth-order valence-corrected chi connectivity index (χ4v) is 6.90. The number of hydrogen-bond acceptors (Lipinski definition) is 4. The molecule has 1 heterocycles. The van der Waals surface area contributed by atoms with Gasteiger partial charge in [-0.25, -0.2) is 0 Å². The van der Waals surface area contributed by atoms with Crippen molar-refractivity contribution in [1.29, 1.82) is 0 Å². The first kappa shape index (κ1) is 16.1. The van der Waals surface area contributed by atoms with Crippen LogP contribution in [0.3, 0.4) is 0 Å². The van der Waals surface area contributed by atoms with Gasteiger partial charge in [0.25, 0.3) is 0 Å². The molecule has 4 aliphatic rings. The predicted molar refractivity (Wildman–Crippen MR) is 93.8 cm³/mol. The Morgan fingerprint density at radius 1 is 1.12 bits per heavy atom. The molecule has 1 fully saturated rings. The van der Waals surface area contributed by atoms with Crippen LogP contribution in [-0.2, 0) is 12.8 Å². The molecule has 25 heavy (non-hydrogen) atoms. The van der Waals surface area contributed by atoms with Crippen molar-refractivity contribution in [1.82, 2.24) is 5.16 Å². The van der Waals surface area contributed by atoms with Crippen molar-refractivity contribution >= 4 is 0 Å². The Balaban J connectivity index is 1.61. The molecule has 4 nitrogen and oxygen atoms in total. The summed E-state index contributed by atoms with van der Waals surface area (Å²) in [7, 11) is 0. The van der Waals surface area contributed by atoms with Gasteiger partial charge in [-0.15, -0.1) is 0 Å². The van der Waals surface area contributed by atoms with Gasteiger partial charge in [-0.1, -0.05) is 37.1 Å². The largest absolute Gasteiger partial charge is 0.390 e. The van der Waals surface area contributed by atoms with Crippen molar-refractivity contribution in [2.75, 3.05) is 0 Å². The minimum absolute atomic E-state index is 0.00707. The molecule has 1 aromatic heterocycles. The number of aliphatic hydroxyl groups is 2. The molecule has 0 spiro atoms. The predicted octanol–water partition coefficient (Wildman–Crippen LogP) is 3.27. The van der Waals surface area contributed by atoms with Gasteiger partial charge in [0.1, 0.15) is 5.76 Å². The lowest BCUT2D eigenvalue weighted by atomic mass is 9.47. The van der Waals surface area contributed by atoms with Crippen LogP contribution < -0.4 is 0 Å². The number of hydrogen-bond donors (Lipinski definition) is 2. The Hall–Kier alpha value is -1.13. The highest BCUT2D eigenvalue weighted by atomic mass is 16.5. The summed E-state index contributed by atoms with van der Waals surface area (Å²) in [6.45, 7) is 7.03. The van der Waals surface area contributed by atoms with Crippen LogP contribution in [0, 0.1) is 28.6 Å². The Labute approximate surface area is 149 Å². The van der Waals surface area contributed by atoms with E-state index < -0.39 is 12.2 Å². The van der Waals surface area contributed by atoms with E-state index in [1.807, 2.05) is 6.20 Å². The lowest BCUT2D eigenvalue weighted by Crippen LogP contribution is -2.61. The normalized spacial score (nSPS) is 44.8. The molecular formula is C21H29NO3. The minimum atomic E-state index is -0.680. The van der Waals surface area contributed by atoms with Crippen LogP contribution in [0.1, 0.15) is 57.8 Å². The Morgan fingerprint density at radius 2 is 1.92 bits per heavy atom. The molecule has 4 heteroatoms. The third kappa shape index (κ3) is 1.98. The molecule has 5 rings (SSSR count). The maximum absolute atomic E-state index is 11.1. The smallest absolute Gasteiger partial charge is 0.140 e. The van der Waals surface area contributed by atoms with E-state index in [9.17, 15) is 10.2 Å². The molecule has 6 atom stereocenters. The van der Waals surface area contributed by atoms with E-state index in [1.165, 1.54) is 17.6 Å². The Bertz CT molecular complexity index is 748. The maximum Gasteiger partial charge on any atom is 0.140 e. The highest BCUT2D eigenvalue weighted by Gasteiger charge is 2.60. The quantitative estimate of drug-likeness (QED) is 0.710. The molecule has 0 aromatic carbocycles. The van der Waals surface area contributed by atoms with E-state index in [1.54, 1.807) is 5.57 Å². The topological polar surface area (TPSA) is 66.5 Å². The fraction of sp³-hybridized carbons (Fsp3) is 0.762. The minimum Gasteiger partial charge on any atom is -0.390 e. The number of nitrogens with zero attached hydrogens (tertiary/aromatic N) is 1. The number of fused-ring (bicyclic) bond motifs is 5. The molecule has 1 aromatic rings. The zero-order valence-electron chi connectivity index (χ0n) is 15.5. The zero-order chi connectivity index (χ0) is 17.6. The van der Waals surface area contributed by atoms with Crippen LogP contribution in [0.25, 0.3) is 0 Å². The average molecular weight is 343 g/mol. The van der Waals surface area contributed by atoms with Crippen molar-refractivity contribution in [3.8, 4) is 0 Å². The molecule has 4 aliphatic carbocycles. The van der Waals surface area contributed by atoms with Crippen LogP contribution in [0.2, 0.25) is 0 Å². The number of aliphatic hydroxyl groups excluding tert-OH is 2. The molecule has 2 N–H and O–H groups in total. The molecule has 2 unspecified atom stereocenters. The molecular weight excluding hydrogens is 314 g/mol. The van der Waals surface area contributed by atoms with Crippen LogP contribution in [0.5, 0.6) is 0 Å². The van der Waals surface area contributed by atoms with Gasteiger partial charge in [0.05, 0.1) is 18.4 Å². The molecule has 0 saturated heterocycles. The van der Waals surface area contributed by atoms with Gasteiger partial charge >= 0.3 is 0 Å². The second kappa shape index (κ2) is 4.98. The second-order valence-electron chi connectivity index (χ2n) is 9.81. The van der Waals surface area contributed by atoms with Crippen LogP contribution in [-0.4, -0.2) is 27.6 Å². The van der Waals surface area contributed by atoms with E-state index in [4.69, 9.17) is 4.52 Å². The van der Waals surface area contributed by atoms with Gasteiger partial charge in [-0.2, -0.15) is 0 Å². The van der Waals surface area contributed by atoms with Crippen molar-refractivity contribution in [3.63, 3.8) is 0 Å². The second-order valence-corrected chi connectivity index (χ2v) is 9.81. The lowest BCUT2D eigenvalue weighted by Gasteiger charge is -2.58. The summed E-state index contributed by atoms with van der Waals surface area (Å²) in [6, 6.07) is 0. The first-order chi connectivity index (χ1) is 11.8. The van der Waals surface area contributed by atoms with E-state index in [-0.39, 0.29) is 22.7 Å². The monoisotopic (exact) mass is 343 g/mol. The lowest BCUT2D eigenvalue weighted by molar-refractivity contribution is -0.162. The Morgan fingerprint density at radius 3 is 2.72 bits per heavy atom. The van der Waals surface area contributed by atoms with Crippen LogP contribution in [0.15, 0.2) is 21.9 Å². The summed E-state index contributed by atoms with van der Waals surface area (Å²) < 4.78 is 5.41. The standard InChI is InChI=1S/C21H29NO3/c1-20(2)7-6-12-13(20)4-5-14-17(12)19(24)18(23)15-8-16-11(10-22-25-16)9-21(14,15)3/h10,14-15,17-19,23-24H,4-9H2,1-3H3/t14-,15+,17?,18+,19+,21?/m0/s1. The van der Waals surface area contributed by atoms with Crippen molar-refractivity contribution in [3.05, 3.63) is 28.7 Å². The van der Waals surface area contributed by atoms with Crippen molar-refractivity contribution in [2.24, 2.45) is 28.6 Å². The molecule has 0 amide bonds. The summed E-state index contributed by atoms with van der Waals surface area (Å²) in [6.07, 6.45) is 6.70. The van der Waals surface area contributed by atoms with Crippen LogP contribution in [0.4, 0.5) is 0 Å². The zero-order valence-corrected chi connectivity index (χ0v) is 15.5. The molecule has 0 bridgehead atoms. The fourth-order valence-electron chi connectivity index (χ4n) is 6.90. The summed E-state index contributed by atoms with van der Waals surface area (Å²) in [5, 5.41) is 26.2. The number of allylic oxidation sites excluding steroid dienone is 1. The number of rotatable bonds is 0. The van der Waals surface area contributed by atoms with Gasteiger partial charge in [-0.3, -0.25) is 0 Å². The first-order valence-electron chi connectivity index (χ1n) is 9.84. The Kier molecular flexibility index (Phi) is 3.20. The molecule has 0 radical (unpaired) electrons. The van der Waals surface area contributed by atoms with Gasteiger partial charge in [-0.05, 0) is 48.9 Å². The maximum atomic E-state index is 11.1. The van der Waals surface area contributed by atoms with Crippen molar-refractivity contribution < 1.29 is 14.7 Å². The summed E-state index contributed by atoms with van der Waals surface area (Å²) in [5.74, 6) is 1.53. The highest BCUT2D eigenvalue weighted by molar-refractivity contribution is 5.36. The van der Waals surface area contributed by atoms with Gasteiger partial charge in [0, 0.05) is 23.8 Å². The summed E-state index contributed by atoms with van der Waals surface area (Å²) in [4.78, 5) is 0. The molecule has 1 saturated carbocycles. The molecule has 0 aliphatic heterocycles. The van der Waals surface area contributed by atoms with Crippen molar-refractivity contribution in [2.45, 2.75) is 71.5 Å². The van der Waals surface area contributed by atoms with E-state index in [2.05, 4.69) is 25.9 Å². The van der Waals surface area contributed by atoms with Crippen LogP contribution >= 0.6 is 0 Å². The third-order valence-corrected chi connectivity index (χ3v) is 8.30.